The van der Waals surface area contributed by atoms with Crippen LogP contribution in [0.3, 0.4) is 0 Å². The van der Waals surface area contributed by atoms with E-state index in [1.165, 1.54) is 37.6 Å². The van der Waals surface area contributed by atoms with Crippen LogP contribution in [0.5, 0.6) is 5.75 Å². The number of hydrogen-bond acceptors (Lipinski definition) is 3. The van der Waals surface area contributed by atoms with E-state index in [2.05, 4.69) is 10.3 Å². The number of alkyl halides is 3. The average molecular weight is 373 g/mol. The van der Waals surface area contributed by atoms with Gasteiger partial charge in [-0.1, -0.05) is 42.5 Å². The number of nitrogens with zero attached hydrogens (tertiary/aromatic N) is 2. The molecule has 8 heteroatoms. The first-order chi connectivity index (χ1) is 12.9. The molecule has 1 aromatic heterocycles. The topological polar surface area (TPSA) is 56.1 Å². The van der Waals surface area contributed by atoms with Gasteiger partial charge in [-0.15, -0.1) is 0 Å². The zero-order valence-electron chi connectivity index (χ0n) is 14.1. The van der Waals surface area contributed by atoms with E-state index < -0.39 is 17.7 Å². The standard InChI is InChI=1S/C19H14F3N3O2/c1-27-14-9-7-13(8-10-14)18(19(20,21)22)24-17(26)16-23-15(11-25(16)18)12-5-3-2-4-6-12/h2-11H,1H3,(H,24,26). The first-order valence-electron chi connectivity index (χ1n) is 8.06. The third kappa shape index (κ3) is 2.48. The van der Waals surface area contributed by atoms with Crippen molar-refractivity contribution >= 4 is 5.91 Å². The summed E-state index contributed by atoms with van der Waals surface area (Å²) in [6.07, 6.45) is -3.54. The third-order valence-electron chi connectivity index (χ3n) is 4.55. The zero-order chi connectivity index (χ0) is 19.2. The second kappa shape index (κ2) is 5.87. The highest BCUT2D eigenvalue weighted by Crippen LogP contribution is 2.45. The number of nitrogens with one attached hydrogen (secondary N) is 1. The van der Waals surface area contributed by atoms with Crippen LogP contribution in [0, 0.1) is 0 Å². The number of hydrogen-bond donors (Lipinski definition) is 1. The second-order valence-corrected chi connectivity index (χ2v) is 6.08. The minimum Gasteiger partial charge on any atom is -0.497 e. The highest BCUT2D eigenvalue weighted by atomic mass is 19.4. The number of rotatable bonds is 3. The predicted molar refractivity (Wildman–Crippen MR) is 91.3 cm³/mol. The van der Waals surface area contributed by atoms with Crippen molar-refractivity contribution in [3.05, 3.63) is 72.2 Å². The Hall–Kier alpha value is -3.29. The molecule has 0 spiro atoms. The average Bonchev–Trinajstić information content (AvgIpc) is 3.22. The molecule has 0 saturated carbocycles. The fraction of sp³-hybridized carbons (Fsp3) is 0.158. The molecule has 1 N–H and O–H groups in total. The number of methoxy groups -OCH3 is 1. The van der Waals surface area contributed by atoms with Crippen LogP contribution >= 0.6 is 0 Å². The fourth-order valence-corrected chi connectivity index (χ4v) is 3.24. The molecule has 5 nitrogen and oxygen atoms in total. The first-order valence-corrected chi connectivity index (χ1v) is 8.06. The van der Waals surface area contributed by atoms with Crippen LogP contribution < -0.4 is 10.1 Å². The highest BCUT2D eigenvalue weighted by molar-refractivity contribution is 5.95. The highest BCUT2D eigenvalue weighted by Gasteiger charge is 2.63. The van der Waals surface area contributed by atoms with Gasteiger partial charge in [0.15, 0.2) is 0 Å². The zero-order valence-corrected chi connectivity index (χ0v) is 14.1. The van der Waals surface area contributed by atoms with Gasteiger partial charge in [0.2, 0.25) is 11.5 Å². The summed E-state index contributed by atoms with van der Waals surface area (Å²) in [6, 6.07) is 14.1. The van der Waals surface area contributed by atoms with Crippen molar-refractivity contribution in [2.75, 3.05) is 7.11 Å². The van der Waals surface area contributed by atoms with Crippen molar-refractivity contribution in [1.82, 2.24) is 14.9 Å². The molecule has 4 rings (SSSR count). The van der Waals surface area contributed by atoms with Gasteiger partial charge in [-0.3, -0.25) is 9.36 Å². The maximum Gasteiger partial charge on any atom is 0.435 e. The van der Waals surface area contributed by atoms with Crippen LogP contribution in [0.1, 0.15) is 16.2 Å². The number of benzene rings is 2. The maximum atomic E-state index is 14.3. The van der Waals surface area contributed by atoms with Crippen LogP contribution in [-0.4, -0.2) is 28.7 Å². The van der Waals surface area contributed by atoms with Crippen LogP contribution in [0.25, 0.3) is 11.3 Å². The Bertz CT molecular complexity index is 997. The second-order valence-electron chi connectivity index (χ2n) is 6.08. The fourth-order valence-electron chi connectivity index (χ4n) is 3.24. The van der Waals surface area contributed by atoms with Crippen molar-refractivity contribution in [1.29, 1.82) is 0 Å². The Labute approximate surface area is 152 Å². The summed E-state index contributed by atoms with van der Waals surface area (Å²) in [6.45, 7) is 0. The number of halogens is 3. The Balaban J connectivity index is 1.92. The van der Waals surface area contributed by atoms with Gasteiger partial charge >= 0.3 is 6.18 Å². The van der Waals surface area contributed by atoms with E-state index in [0.29, 0.717) is 17.0 Å². The largest absolute Gasteiger partial charge is 0.497 e. The molecule has 138 valence electrons. The number of carbonyl (C=O) groups is 1. The molecule has 1 atom stereocenters. The van der Waals surface area contributed by atoms with Crippen molar-refractivity contribution in [3.63, 3.8) is 0 Å². The van der Waals surface area contributed by atoms with Crippen LogP contribution in [0.15, 0.2) is 60.8 Å². The molecule has 0 saturated heterocycles. The van der Waals surface area contributed by atoms with Gasteiger partial charge in [-0.05, 0) is 12.1 Å². The van der Waals surface area contributed by atoms with E-state index in [1.54, 1.807) is 30.3 Å². The summed E-state index contributed by atoms with van der Waals surface area (Å²) in [7, 11) is 1.42. The minimum atomic E-state index is -4.79. The molecule has 1 amide bonds. The maximum absolute atomic E-state index is 14.3. The molecule has 2 heterocycles. The SMILES string of the molecule is COc1ccc(C2(C(F)(F)F)NC(=O)c3nc(-c4ccccc4)cn32)cc1. The van der Waals surface area contributed by atoms with Crippen LogP contribution in [-0.2, 0) is 5.66 Å². The van der Waals surface area contributed by atoms with Crippen molar-refractivity contribution in [2.24, 2.45) is 0 Å². The Kier molecular flexibility index (Phi) is 3.73. The number of fused-ring (bicyclic) bond motifs is 1. The van der Waals surface area contributed by atoms with Gasteiger partial charge in [-0.25, -0.2) is 4.98 Å². The molecule has 0 radical (unpaired) electrons. The predicted octanol–water partition coefficient (Wildman–Crippen LogP) is 3.57. The molecule has 0 fully saturated rings. The first kappa shape index (κ1) is 17.1. The van der Waals surface area contributed by atoms with Crippen molar-refractivity contribution < 1.29 is 22.7 Å². The van der Waals surface area contributed by atoms with Crippen molar-refractivity contribution in [2.45, 2.75) is 11.8 Å². The number of aromatic nitrogens is 2. The molecule has 27 heavy (non-hydrogen) atoms. The summed E-state index contributed by atoms with van der Waals surface area (Å²) in [4.78, 5) is 16.5. The minimum absolute atomic E-state index is 0.139. The quantitative estimate of drug-likeness (QED) is 0.764. The van der Waals surface area contributed by atoms with Crippen LogP contribution in [0.2, 0.25) is 0 Å². The van der Waals surface area contributed by atoms with Gasteiger partial charge in [0.25, 0.3) is 5.91 Å². The summed E-state index contributed by atoms with van der Waals surface area (Å²) in [5, 5.41) is 2.08. The molecular formula is C19H14F3N3O2. The lowest BCUT2D eigenvalue weighted by molar-refractivity contribution is -0.203. The molecule has 1 aliphatic rings. The normalized spacial score (nSPS) is 18.9. The van der Waals surface area contributed by atoms with Crippen LogP contribution in [0.4, 0.5) is 13.2 Å². The number of amides is 1. The van der Waals surface area contributed by atoms with E-state index in [4.69, 9.17) is 4.74 Å². The molecule has 3 aromatic rings. The van der Waals surface area contributed by atoms with Gasteiger partial charge in [0.05, 0.1) is 12.8 Å². The van der Waals surface area contributed by atoms with Gasteiger partial charge in [0, 0.05) is 17.3 Å². The lowest BCUT2D eigenvalue weighted by Crippen LogP contribution is -2.55. The molecule has 0 bridgehead atoms. The van der Waals surface area contributed by atoms with E-state index in [0.717, 1.165) is 4.57 Å². The monoisotopic (exact) mass is 373 g/mol. The molecule has 0 aliphatic carbocycles. The van der Waals surface area contributed by atoms with Crippen molar-refractivity contribution in [3.8, 4) is 17.0 Å². The van der Waals surface area contributed by atoms with E-state index in [9.17, 15) is 18.0 Å². The van der Waals surface area contributed by atoms with Gasteiger partial charge in [-0.2, -0.15) is 13.2 Å². The Morgan fingerprint density at radius 1 is 1.07 bits per heavy atom. The number of imidazole rings is 1. The van der Waals surface area contributed by atoms with E-state index in [1.807, 2.05) is 0 Å². The van der Waals surface area contributed by atoms with Gasteiger partial charge in [0.1, 0.15) is 5.75 Å². The smallest absolute Gasteiger partial charge is 0.435 e. The summed E-state index contributed by atoms with van der Waals surface area (Å²) >= 11 is 0. The Morgan fingerprint density at radius 2 is 1.74 bits per heavy atom. The third-order valence-corrected chi connectivity index (χ3v) is 4.55. The molecule has 1 aliphatic heterocycles. The summed E-state index contributed by atoms with van der Waals surface area (Å²) in [5.41, 5.74) is -1.95. The van der Waals surface area contributed by atoms with E-state index in [-0.39, 0.29) is 11.4 Å². The Morgan fingerprint density at radius 3 is 2.33 bits per heavy atom. The summed E-state index contributed by atoms with van der Waals surface area (Å²) < 4.78 is 48.6. The van der Waals surface area contributed by atoms with Gasteiger partial charge < -0.3 is 10.1 Å². The number of ether oxygens (including phenoxy) is 1. The lowest BCUT2D eigenvalue weighted by Gasteiger charge is -2.33. The molecule has 1 unspecified atom stereocenters. The summed E-state index contributed by atoms with van der Waals surface area (Å²) in [5.74, 6) is -0.761. The molecule has 2 aromatic carbocycles. The lowest BCUT2D eigenvalue weighted by atomic mass is 9.98. The number of carbonyl (C=O) groups excluding carboxylic acids is 1. The van der Waals surface area contributed by atoms with E-state index >= 15 is 0 Å². The molecular weight excluding hydrogens is 359 g/mol.